The van der Waals surface area contributed by atoms with E-state index in [4.69, 9.17) is 15.3 Å². The third kappa shape index (κ3) is 3.16. The van der Waals surface area contributed by atoms with E-state index >= 15 is 0 Å². The lowest BCUT2D eigenvalue weighted by molar-refractivity contribution is -0.164. The zero-order valence-corrected chi connectivity index (χ0v) is 8.48. The number of aliphatic carboxylic acids is 1. The van der Waals surface area contributed by atoms with E-state index in [9.17, 15) is 14.7 Å². The van der Waals surface area contributed by atoms with Crippen molar-refractivity contribution in [3.63, 3.8) is 0 Å². The van der Waals surface area contributed by atoms with Gasteiger partial charge in [-0.05, 0) is 12.1 Å². The number of phenols is 1. The summed E-state index contributed by atoms with van der Waals surface area (Å²) in [5.41, 5.74) is 0. The van der Waals surface area contributed by atoms with Crippen LogP contribution in [-0.2, 0) is 9.59 Å². The van der Waals surface area contributed by atoms with Gasteiger partial charge >= 0.3 is 11.9 Å². The minimum Gasteiger partial charge on any atom is -0.504 e. The molecular formula is C10H10O7. The highest BCUT2D eigenvalue weighted by Crippen LogP contribution is 2.24. The van der Waals surface area contributed by atoms with Gasteiger partial charge < -0.3 is 25.2 Å². The average Bonchev–Trinajstić information content (AvgIpc) is 2.30. The van der Waals surface area contributed by atoms with Crippen molar-refractivity contribution in [2.24, 2.45) is 0 Å². The molecule has 1 aromatic carbocycles. The fraction of sp³-hybridized carbons (Fsp3) is 0.200. The van der Waals surface area contributed by atoms with Gasteiger partial charge in [-0.3, -0.25) is 0 Å². The van der Waals surface area contributed by atoms with Crippen molar-refractivity contribution < 1.29 is 34.8 Å². The number of carboxylic acid groups (broad SMARTS) is 1. The molecule has 0 amide bonds. The number of esters is 1. The second-order valence-electron chi connectivity index (χ2n) is 3.12. The molecule has 0 fully saturated rings. The summed E-state index contributed by atoms with van der Waals surface area (Å²) >= 11 is 0. The topological polar surface area (TPSA) is 124 Å². The van der Waals surface area contributed by atoms with E-state index in [0.29, 0.717) is 0 Å². The number of aromatic hydroxyl groups is 1. The molecule has 0 aliphatic rings. The minimum atomic E-state index is -2.28. The van der Waals surface area contributed by atoms with Gasteiger partial charge in [-0.1, -0.05) is 12.1 Å². The fourth-order valence-corrected chi connectivity index (χ4v) is 0.976. The van der Waals surface area contributed by atoms with Gasteiger partial charge in [0.15, 0.2) is 23.7 Å². The number of carboxylic acids is 1. The SMILES string of the molecule is O=C(O)C(O)C(O)C(=O)Oc1ccccc1O. The lowest BCUT2D eigenvalue weighted by Crippen LogP contribution is -2.41. The molecule has 7 heteroatoms. The molecule has 0 saturated carbocycles. The van der Waals surface area contributed by atoms with Crippen LogP contribution in [0, 0.1) is 0 Å². The number of ether oxygens (including phenoxy) is 1. The molecule has 0 aliphatic carbocycles. The maximum atomic E-state index is 11.2. The molecule has 1 aromatic rings. The van der Waals surface area contributed by atoms with Gasteiger partial charge in [-0.25, -0.2) is 9.59 Å². The summed E-state index contributed by atoms with van der Waals surface area (Å²) in [6.45, 7) is 0. The van der Waals surface area contributed by atoms with Crippen molar-refractivity contribution in [1.29, 1.82) is 0 Å². The highest BCUT2D eigenvalue weighted by Gasteiger charge is 2.32. The maximum Gasteiger partial charge on any atom is 0.343 e. The van der Waals surface area contributed by atoms with Gasteiger partial charge in [0.2, 0.25) is 0 Å². The maximum absolute atomic E-state index is 11.2. The molecule has 17 heavy (non-hydrogen) atoms. The molecule has 7 nitrogen and oxygen atoms in total. The quantitative estimate of drug-likeness (QED) is 0.398. The Bertz CT molecular complexity index is 428. The summed E-state index contributed by atoms with van der Waals surface area (Å²) in [4.78, 5) is 21.5. The molecule has 2 unspecified atom stereocenters. The number of aliphatic hydroxyl groups is 2. The standard InChI is InChI=1S/C10H10O7/c11-5-3-1-2-4-6(5)17-10(16)8(13)7(12)9(14)15/h1-4,7-8,11-13H,(H,14,15). The van der Waals surface area contributed by atoms with E-state index in [1.54, 1.807) is 0 Å². The summed E-state index contributed by atoms with van der Waals surface area (Å²) < 4.78 is 4.52. The molecule has 1 rings (SSSR count). The monoisotopic (exact) mass is 242 g/mol. The number of carbonyl (C=O) groups excluding carboxylic acids is 1. The van der Waals surface area contributed by atoms with Crippen molar-refractivity contribution in [3.05, 3.63) is 24.3 Å². The molecule has 0 bridgehead atoms. The first-order chi connectivity index (χ1) is 7.93. The molecule has 0 aliphatic heterocycles. The first kappa shape index (κ1) is 12.9. The van der Waals surface area contributed by atoms with E-state index < -0.39 is 24.1 Å². The summed E-state index contributed by atoms with van der Waals surface area (Å²) in [6.07, 6.45) is -4.51. The van der Waals surface area contributed by atoms with Crippen LogP contribution in [0.4, 0.5) is 0 Å². The second-order valence-corrected chi connectivity index (χ2v) is 3.12. The molecule has 0 spiro atoms. The van der Waals surface area contributed by atoms with Crippen molar-refractivity contribution in [2.75, 3.05) is 0 Å². The minimum absolute atomic E-state index is 0.242. The van der Waals surface area contributed by atoms with Crippen molar-refractivity contribution in [3.8, 4) is 11.5 Å². The predicted molar refractivity (Wildman–Crippen MR) is 53.4 cm³/mol. The number of phenolic OH excluding ortho intramolecular Hbond substituents is 1. The molecule has 0 aromatic heterocycles. The van der Waals surface area contributed by atoms with E-state index in [1.807, 2.05) is 0 Å². The number of para-hydroxylation sites is 2. The zero-order valence-electron chi connectivity index (χ0n) is 8.48. The van der Waals surface area contributed by atoms with Crippen LogP contribution in [0.3, 0.4) is 0 Å². The first-order valence-corrected chi connectivity index (χ1v) is 4.52. The molecule has 2 atom stereocenters. The van der Waals surface area contributed by atoms with E-state index in [1.165, 1.54) is 24.3 Å². The highest BCUT2D eigenvalue weighted by atomic mass is 16.6. The van der Waals surface area contributed by atoms with Crippen molar-refractivity contribution in [2.45, 2.75) is 12.2 Å². The lowest BCUT2D eigenvalue weighted by atomic mass is 10.2. The summed E-state index contributed by atoms with van der Waals surface area (Å²) in [5.74, 6) is -3.72. The largest absolute Gasteiger partial charge is 0.504 e. The van der Waals surface area contributed by atoms with Crippen LogP contribution in [0.2, 0.25) is 0 Å². The van der Waals surface area contributed by atoms with Gasteiger partial charge in [0, 0.05) is 0 Å². The normalized spacial score (nSPS) is 13.8. The molecule has 0 heterocycles. The average molecular weight is 242 g/mol. The van der Waals surface area contributed by atoms with E-state index in [0.717, 1.165) is 0 Å². The number of benzene rings is 1. The molecule has 0 radical (unpaired) electrons. The smallest absolute Gasteiger partial charge is 0.343 e. The first-order valence-electron chi connectivity index (χ1n) is 4.52. The molecule has 4 N–H and O–H groups in total. The van der Waals surface area contributed by atoms with Crippen LogP contribution in [0.25, 0.3) is 0 Å². The van der Waals surface area contributed by atoms with Crippen LogP contribution < -0.4 is 4.74 Å². The van der Waals surface area contributed by atoms with Crippen LogP contribution in [0.1, 0.15) is 0 Å². The second kappa shape index (κ2) is 5.28. The highest BCUT2D eigenvalue weighted by molar-refractivity contribution is 5.85. The third-order valence-electron chi connectivity index (χ3n) is 1.87. The van der Waals surface area contributed by atoms with Gasteiger partial charge in [0.05, 0.1) is 0 Å². The Hall–Kier alpha value is -2.12. The summed E-state index contributed by atoms with van der Waals surface area (Å²) in [5, 5.41) is 35.6. The number of hydrogen-bond donors (Lipinski definition) is 4. The molecule has 92 valence electrons. The van der Waals surface area contributed by atoms with Crippen LogP contribution in [-0.4, -0.2) is 44.6 Å². The van der Waals surface area contributed by atoms with Gasteiger partial charge in [0.1, 0.15) is 0 Å². The van der Waals surface area contributed by atoms with Crippen LogP contribution in [0.5, 0.6) is 11.5 Å². The number of rotatable bonds is 4. The number of hydrogen-bond acceptors (Lipinski definition) is 6. The molecular weight excluding hydrogens is 232 g/mol. The molecule has 0 saturated heterocycles. The zero-order chi connectivity index (χ0) is 13.0. The predicted octanol–water partition coefficient (Wildman–Crippen LogP) is -0.896. The number of carbonyl (C=O) groups is 2. The summed E-state index contributed by atoms with van der Waals surface area (Å²) in [6, 6.07) is 5.42. The number of aliphatic hydroxyl groups excluding tert-OH is 2. The van der Waals surface area contributed by atoms with E-state index in [2.05, 4.69) is 4.74 Å². The van der Waals surface area contributed by atoms with Crippen molar-refractivity contribution >= 4 is 11.9 Å². The van der Waals surface area contributed by atoms with E-state index in [-0.39, 0.29) is 11.5 Å². The van der Waals surface area contributed by atoms with Gasteiger partial charge in [-0.15, -0.1) is 0 Å². The van der Waals surface area contributed by atoms with Crippen LogP contribution in [0.15, 0.2) is 24.3 Å². The Kier molecular flexibility index (Phi) is 4.02. The van der Waals surface area contributed by atoms with Crippen molar-refractivity contribution in [1.82, 2.24) is 0 Å². The Morgan fingerprint density at radius 2 is 1.71 bits per heavy atom. The van der Waals surface area contributed by atoms with Crippen LogP contribution >= 0.6 is 0 Å². The van der Waals surface area contributed by atoms with Gasteiger partial charge in [-0.2, -0.15) is 0 Å². The lowest BCUT2D eigenvalue weighted by Gasteiger charge is -2.13. The third-order valence-corrected chi connectivity index (χ3v) is 1.87. The Balaban J connectivity index is 2.73. The Morgan fingerprint density at radius 3 is 2.24 bits per heavy atom. The fourth-order valence-electron chi connectivity index (χ4n) is 0.976. The Labute approximate surface area is 95.5 Å². The summed E-state index contributed by atoms with van der Waals surface area (Å²) in [7, 11) is 0. The Morgan fingerprint density at radius 1 is 1.12 bits per heavy atom. The van der Waals surface area contributed by atoms with Gasteiger partial charge in [0.25, 0.3) is 0 Å².